The number of benzene rings is 2. The molecule has 0 unspecified atom stereocenters. The Hall–Kier alpha value is -3.45. The maximum Gasteiger partial charge on any atom is 0.309 e. The molecule has 3 rings (SSSR count). The van der Waals surface area contributed by atoms with Crippen molar-refractivity contribution in [2.45, 2.75) is 64.0 Å². The van der Waals surface area contributed by atoms with Crippen LogP contribution in [-0.2, 0) is 32.0 Å². The first-order valence-electron chi connectivity index (χ1n) is 13.5. The highest BCUT2D eigenvalue weighted by atomic mass is 16.5. The summed E-state index contributed by atoms with van der Waals surface area (Å²) in [4.78, 5) is 39.0. The molecular weight excluding hydrogens is 480 g/mol. The number of cyclic esters (lactones) is 1. The smallest absolute Gasteiger partial charge is 0.309 e. The van der Waals surface area contributed by atoms with E-state index < -0.39 is 12.0 Å². The Morgan fingerprint density at radius 3 is 2.32 bits per heavy atom. The summed E-state index contributed by atoms with van der Waals surface area (Å²) in [6.07, 6.45) is 7.83. The summed E-state index contributed by atoms with van der Waals surface area (Å²) in [5, 5.41) is 15.0. The van der Waals surface area contributed by atoms with Crippen molar-refractivity contribution in [2.24, 2.45) is 11.8 Å². The average molecular weight is 521 g/mol. The van der Waals surface area contributed by atoms with Crippen LogP contribution in [0.4, 0.5) is 0 Å². The van der Waals surface area contributed by atoms with Gasteiger partial charge in [0.1, 0.15) is 6.61 Å². The topological polar surface area (TPSA) is 105 Å². The fourth-order valence-electron chi connectivity index (χ4n) is 4.62. The van der Waals surface area contributed by atoms with E-state index in [1.807, 2.05) is 72.8 Å². The molecule has 0 fully saturated rings. The van der Waals surface area contributed by atoms with Gasteiger partial charge in [-0.3, -0.25) is 14.4 Å². The second-order valence-corrected chi connectivity index (χ2v) is 10.1. The van der Waals surface area contributed by atoms with Crippen LogP contribution < -0.4 is 10.6 Å². The Morgan fingerprint density at radius 2 is 1.66 bits per heavy atom. The summed E-state index contributed by atoms with van der Waals surface area (Å²) in [6, 6.07) is 18.9. The van der Waals surface area contributed by atoms with Crippen molar-refractivity contribution < 1.29 is 24.2 Å². The maximum absolute atomic E-state index is 13.3. The van der Waals surface area contributed by atoms with Crippen LogP contribution in [-0.4, -0.2) is 48.2 Å². The molecule has 0 bridgehead atoms. The van der Waals surface area contributed by atoms with Crippen LogP contribution in [0.3, 0.4) is 0 Å². The number of ether oxygens (including phenoxy) is 1. The molecule has 4 atom stereocenters. The summed E-state index contributed by atoms with van der Waals surface area (Å²) in [7, 11) is 0. The Labute approximate surface area is 225 Å². The van der Waals surface area contributed by atoms with Gasteiger partial charge in [-0.2, -0.15) is 0 Å². The van der Waals surface area contributed by atoms with Gasteiger partial charge in [0, 0.05) is 12.5 Å². The number of hydrogen-bond donors (Lipinski definition) is 3. The predicted molar refractivity (Wildman–Crippen MR) is 147 cm³/mol. The summed E-state index contributed by atoms with van der Waals surface area (Å²) >= 11 is 0. The fourth-order valence-corrected chi connectivity index (χ4v) is 4.62. The monoisotopic (exact) mass is 520 g/mol. The molecule has 0 spiro atoms. The lowest BCUT2D eigenvalue weighted by Gasteiger charge is -2.24. The molecule has 0 saturated heterocycles. The zero-order valence-electron chi connectivity index (χ0n) is 22.2. The Balaban J connectivity index is 1.77. The van der Waals surface area contributed by atoms with Gasteiger partial charge in [-0.05, 0) is 56.6 Å². The zero-order valence-corrected chi connectivity index (χ0v) is 22.2. The van der Waals surface area contributed by atoms with Crippen molar-refractivity contribution in [1.29, 1.82) is 0 Å². The van der Waals surface area contributed by atoms with Crippen molar-refractivity contribution in [1.82, 2.24) is 10.6 Å². The molecule has 0 radical (unpaired) electrons. The highest BCUT2D eigenvalue weighted by Gasteiger charge is 2.27. The molecule has 0 aliphatic carbocycles. The van der Waals surface area contributed by atoms with Gasteiger partial charge in [-0.15, -0.1) is 0 Å². The van der Waals surface area contributed by atoms with E-state index in [0.717, 1.165) is 24.0 Å². The van der Waals surface area contributed by atoms with Gasteiger partial charge in [0.05, 0.1) is 24.5 Å². The van der Waals surface area contributed by atoms with Crippen LogP contribution in [0.1, 0.15) is 50.2 Å². The Bertz CT molecular complexity index is 1040. The molecule has 1 aliphatic rings. The number of hydrogen-bond acceptors (Lipinski definition) is 5. The van der Waals surface area contributed by atoms with Crippen molar-refractivity contribution in [2.75, 3.05) is 13.2 Å². The molecule has 204 valence electrons. The molecule has 38 heavy (non-hydrogen) atoms. The molecule has 2 aromatic rings. The molecule has 1 heterocycles. The number of amides is 2. The minimum Gasteiger partial charge on any atom is -0.463 e. The van der Waals surface area contributed by atoms with E-state index in [1.165, 1.54) is 0 Å². The lowest BCUT2D eigenvalue weighted by molar-refractivity contribution is -0.150. The standard InChI is InChI=1S/C31H40N2O5/c1-23(21-34)32-29(35)20-26-16-10-2-3-11-17-27(18-24-12-6-4-7-13-24)31(37)38-22-28(33-30(26)36)19-25-14-8-5-9-15-25/h2,4-10,12-15,23,26-28,34H,3,11,16-22H2,1H3,(H,32,35)(H,33,36)/t23-,26-,27-,28-/m1/s1. The second kappa shape index (κ2) is 15.7. The van der Waals surface area contributed by atoms with E-state index in [2.05, 4.69) is 10.6 Å². The van der Waals surface area contributed by atoms with Gasteiger partial charge in [-0.25, -0.2) is 0 Å². The zero-order chi connectivity index (χ0) is 27.2. The molecule has 3 N–H and O–H groups in total. The minimum atomic E-state index is -0.570. The molecule has 7 heteroatoms. The van der Waals surface area contributed by atoms with E-state index in [4.69, 9.17) is 4.74 Å². The van der Waals surface area contributed by atoms with Crippen molar-refractivity contribution in [3.63, 3.8) is 0 Å². The van der Waals surface area contributed by atoms with Gasteiger partial charge < -0.3 is 20.5 Å². The first-order valence-corrected chi connectivity index (χ1v) is 13.5. The molecule has 7 nitrogen and oxygen atoms in total. The van der Waals surface area contributed by atoms with Gasteiger partial charge >= 0.3 is 5.97 Å². The number of nitrogens with one attached hydrogen (secondary N) is 2. The van der Waals surface area contributed by atoms with E-state index in [0.29, 0.717) is 25.7 Å². The van der Waals surface area contributed by atoms with Gasteiger partial charge in [0.2, 0.25) is 11.8 Å². The summed E-state index contributed by atoms with van der Waals surface area (Å²) in [6.45, 7) is 1.60. The number of esters is 1. The van der Waals surface area contributed by atoms with Crippen molar-refractivity contribution in [3.8, 4) is 0 Å². The third-order valence-corrected chi connectivity index (χ3v) is 6.75. The molecule has 0 aromatic heterocycles. The largest absolute Gasteiger partial charge is 0.463 e. The van der Waals surface area contributed by atoms with Crippen LogP contribution >= 0.6 is 0 Å². The lowest BCUT2D eigenvalue weighted by atomic mass is 9.93. The van der Waals surface area contributed by atoms with Crippen LogP contribution in [0.25, 0.3) is 0 Å². The predicted octanol–water partition coefficient (Wildman–Crippen LogP) is 3.75. The number of carbonyl (C=O) groups is 3. The van der Waals surface area contributed by atoms with E-state index in [-0.39, 0.29) is 49.4 Å². The minimum absolute atomic E-state index is 0.0114. The quantitative estimate of drug-likeness (QED) is 0.363. The van der Waals surface area contributed by atoms with E-state index in [1.54, 1.807) is 6.92 Å². The van der Waals surface area contributed by atoms with E-state index in [9.17, 15) is 19.5 Å². The highest BCUT2D eigenvalue weighted by Crippen LogP contribution is 2.19. The molecule has 1 aliphatic heterocycles. The molecule has 2 aromatic carbocycles. The fraction of sp³-hybridized carbons (Fsp3) is 0.452. The summed E-state index contributed by atoms with van der Waals surface area (Å²) in [5.74, 6) is -1.62. The third-order valence-electron chi connectivity index (χ3n) is 6.75. The third kappa shape index (κ3) is 10.1. The number of aliphatic hydroxyl groups is 1. The Kier molecular flexibility index (Phi) is 12.0. The van der Waals surface area contributed by atoms with Crippen LogP contribution in [0.2, 0.25) is 0 Å². The Morgan fingerprint density at radius 1 is 1.00 bits per heavy atom. The SMILES string of the molecule is C[C@H](CO)NC(=O)C[C@H]1CC=CCCC[C@H](Cc2ccccc2)C(=O)OC[C@@H](Cc2ccccc2)NC1=O. The first kappa shape index (κ1) is 29.1. The number of carbonyl (C=O) groups excluding carboxylic acids is 3. The van der Waals surface area contributed by atoms with Crippen LogP contribution in [0.5, 0.6) is 0 Å². The van der Waals surface area contributed by atoms with Crippen LogP contribution in [0.15, 0.2) is 72.8 Å². The van der Waals surface area contributed by atoms with Crippen molar-refractivity contribution in [3.05, 3.63) is 83.9 Å². The lowest BCUT2D eigenvalue weighted by Crippen LogP contribution is -2.45. The number of aliphatic hydroxyl groups excluding tert-OH is 1. The van der Waals surface area contributed by atoms with Crippen LogP contribution in [0, 0.1) is 11.8 Å². The first-order chi connectivity index (χ1) is 18.4. The number of rotatable bonds is 8. The second-order valence-electron chi connectivity index (χ2n) is 10.1. The molecule has 2 amide bonds. The summed E-state index contributed by atoms with van der Waals surface area (Å²) < 4.78 is 5.81. The van der Waals surface area contributed by atoms with Gasteiger partial charge in [0.25, 0.3) is 0 Å². The van der Waals surface area contributed by atoms with Gasteiger partial charge in [-0.1, -0.05) is 72.8 Å². The average Bonchev–Trinajstić information content (AvgIpc) is 2.92. The molecule has 0 saturated carbocycles. The number of allylic oxidation sites excluding steroid dienone is 2. The highest BCUT2D eigenvalue weighted by molar-refractivity contribution is 5.86. The maximum atomic E-state index is 13.3. The normalized spacial score (nSPS) is 22.0. The molecular formula is C31H40N2O5. The van der Waals surface area contributed by atoms with E-state index >= 15 is 0 Å². The van der Waals surface area contributed by atoms with Gasteiger partial charge in [0.15, 0.2) is 0 Å². The summed E-state index contributed by atoms with van der Waals surface area (Å²) in [5.41, 5.74) is 2.11. The van der Waals surface area contributed by atoms with Crippen molar-refractivity contribution >= 4 is 17.8 Å².